The maximum absolute atomic E-state index is 6.28. The Morgan fingerprint density at radius 2 is 1.31 bits per heavy atom. The van der Waals surface area contributed by atoms with Gasteiger partial charge in [0.2, 0.25) is 0 Å². The van der Waals surface area contributed by atoms with E-state index in [1.807, 2.05) is 12.1 Å². The van der Waals surface area contributed by atoms with Crippen molar-refractivity contribution in [3.05, 3.63) is 114 Å². The highest BCUT2D eigenvalue weighted by Gasteiger charge is 2.37. The molecular formula is C33H23NO. The maximum Gasteiger partial charge on any atom is 0.137 e. The molecule has 0 bridgehead atoms. The quantitative estimate of drug-likeness (QED) is 0.244. The fraction of sp³-hybridized carbons (Fsp3) is 0.0909. The third-order valence-electron chi connectivity index (χ3n) is 8.00. The molecule has 0 spiro atoms. The molecule has 0 saturated carbocycles. The van der Waals surface area contributed by atoms with Crippen LogP contribution < -0.4 is 0 Å². The van der Waals surface area contributed by atoms with Gasteiger partial charge in [-0.1, -0.05) is 86.6 Å². The van der Waals surface area contributed by atoms with Crippen LogP contribution in [0.15, 0.2) is 108 Å². The predicted molar refractivity (Wildman–Crippen MR) is 146 cm³/mol. The van der Waals surface area contributed by atoms with Crippen LogP contribution in [-0.4, -0.2) is 4.57 Å². The number of rotatable bonds is 1. The van der Waals surface area contributed by atoms with Gasteiger partial charge in [0.25, 0.3) is 0 Å². The number of nitrogens with zero attached hydrogens (tertiary/aromatic N) is 1. The summed E-state index contributed by atoms with van der Waals surface area (Å²) in [6.07, 6.45) is 0. The van der Waals surface area contributed by atoms with Gasteiger partial charge < -0.3 is 8.98 Å². The number of para-hydroxylation sites is 2. The van der Waals surface area contributed by atoms with Crippen LogP contribution in [0.25, 0.3) is 60.6 Å². The monoisotopic (exact) mass is 449 g/mol. The zero-order valence-corrected chi connectivity index (χ0v) is 19.7. The topological polar surface area (TPSA) is 18.1 Å². The first-order chi connectivity index (χ1) is 17.1. The van der Waals surface area contributed by atoms with Gasteiger partial charge in [0.05, 0.1) is 11.0 Å². The molecule has 5 aromatic carbocycles. The van der Waals surface area contributed by atoms with Crippen LogP contribution in [-0.2, 0) is 5.41 Å². The minimum atomic E-state index is -0.0376. The summed E-state index contributed by atoms with van der Waals surface area (Å²) in [5, 5.41) is 4.88. The maximum atomic E-state index is 6.28. The molecule has 1 aliphatic carbocycles. The van der Waals surface area contributed by atoms with E-state index in [1.165, 1.54) is 44.1 Å². The van der Waals surface area contributed by atoms with Crippen molar-refractivity contribution >= 4 is 43.7 Å². The minimum absolute atomic E-state index is 0.0376. The van der Waals surface area contributed by atoms with Crippen molar-refractivity contribution in [3.8, 4) is 16.8 Å². The number of furan rings is 1. The number of hydrogen-bond donors (Lipinski definition) is 0. The first-order valence-corrected chi connectivity index (χ1v) is 12.2. The zero-order chi connectivity index (χ0) is 23.3. The van der Waals surface area contributed by atoms with Crippen molar-refractivity contribution in [3.63, 3.8) is 0 Å². The summed E-state index contributed by atoms with van der Waals surface area (Å²) in [5.41, 5.74) is 10.9. The summed E-state index contributed by atoms with van der Waals surface area (Å²) in [7, 11) is 0. The zero-order valence-electron chi connectivity index (χ0n) is 19.7. The van der Waals surface area contributed by atoms with E-state index in [9.17, 15) is 0 Å². The van der Waals surface area contributed by atoms with E-state index in [0.717, 1.165) is 27.6 Å². The van der Waals surface area contributed by atoms with Crippen LogP contribution in [0.5, 0.6) is 0 Å². The molecule has 2 heterocycles. The molecule has 0 radical (unpaired) electrons. The van der Waals surface area contributed by atoms with Crippen LogP contribution in [0.1, 0.15) is 25.0 Å². The van der Waals surface area contributed by atoms with Crippen molar-refractivity contribution in [2.24, 2.45) is 0 Å². The number of aromatic nitrogens is 1. The molecular weight excluding hydrogens is 426 g/mol. The molecule has 2 nitrogen and oxygen atoms in total. The Bertz CT molecular complexity index is 1980. The van der Waals surface area contributed by atoms with Gasteiger partial charge in [-0.25, -0.2) is 0 Å². The predicted octanol–water partition coefficient (Wildman–Crippen LogP) is 8.99. The van der Waals surface area contributed by atoms with Crippen LogP contribution in [0.4, 0.5) is 0 Å². The van der Waals surface area contributed by atoms with Crippen molar-refractivity contribution < 1.29 is 4.42 Å². The lowest BCUT2D eigenvalue weighted by Crippen LogP contribution is -2.14. The summed E-state index contributed by atoms with van der Waals surface area (Å²) in [6.45, 7) is 4.69. The van der Waals surface area contributed by atoms with Crippen molar-refractivity contribution in [1.82, 2.24) is 4.57 Å². The number of benzene rings is 5. The van der Waals surface area contributed by atoms with Crippen LogP contribution in [0.3, 0.4) is 0 Å². The molecule has 0 amide bonds. The molecule has 0 unspecified atom stereocenters. The van der Waals surface area contributed by atoms with Crippen molar-refractivity contribution in [2.75, 3.05) is 0 Å². The number of hydrogen-bond acceptors (Lipinski definition) is 1. The van der Waals surface area contributed by atoms with E-state index in [4.69, 9.17) is 4.42 Å². The summed E-state index contributed by atoms with van der Waals surface area (Å²) >= 11 is 0. The number of fused-ring (bicyclic) bond motifs is 10. The molecule has 0 N–H and O–H groups in total. The molecule has 0 aliphatic heterocycles. The molecule has 0 fully saturated rings. The van der Waals surface area contributed by atoms with Gasteiger partial charge in [0.1, 0.15) is 11.2 Å². The molecule has 2 heteroatoms. The molecule has 1 aliphatic rings. The van der Waals surface area contributed by atoms with Crippen molar-refractivity contribution in [1.29, 1.82) is 0 Å². The Kier molecular flexibility index (Phi) is 3.50. The Labute approximate surface area is 203 Å². The van der Waals surface area contributed by atoms with Gasteiger partial charge >= 0.3 is 0 Å². The minimum Gasteiger partial charge on any atom is -0.456 e. The third-order valence-corrected chi connectivity index (χ3v) is 8.00. The second-order valence-electron chi connectivity index (χ2n) is 10.2. The van der Waals surface area contributed by atoms with E-state index in [0.29, 0.717) is 0 Å². The van der Waals surface area contributed by atoms with Crippen LogP contribution in [0.2, 0.25) is 0 Å². The van der Waals surface area contributed by atoms with Gasteiger partial charge in [-0.3, -0.25) is 0 Å². The molecule has 2 aromatic heterocycles. The molecule has 7 aromatic rings. The summed E-state index contributed by atoms with van der Waals surface area (Å²) in [4.78, 5) is 0. The lowest BCUT2D eigenvalue weighted by molar-refractivity contribution is 0.660. The van der Waals surface area contributed by atoms with Gasteiger partial charge in [-0.2, -0.15) is 0 Å². The summed E-state index contributed by atoms with van der Waals surface area (Å²) in [5.74, 6) is 0. The largest absolute Gasteiger partial charge is 0.456 e. The Morgan fingerprint density at radius 3 is 2.23 bits per heavy atom. The summed E-state index contributed by atoms with van der Waals surface area (Å²) < 4.78 is 8.72. The lowest BCUT2D eigenvalue weighted by Gasteiger charge is -2.21. The fourth-order valence-electron chi connectivity index (χ4n) is 6.36. The average molecular weight is 450 g/mol. The van der Waals surface area contributed by atoms with E-state index >= 15 is 0 Å². The molecule has 0 saturated heterocycles. The van der Waals surface area contributed by atoms with Crippen LogP contribution >= 0.6 is 0 Å². The molecule has 0 atom stereocenters. The van der Waals surface area contributed by atoms with E-state index in [2.05, 4.69) is 109 Å². The highest BCUT2D eigenvalue weighted by atomic mass is 16.3. The van der Waals surface area contributed by atoms with Gasteiger partial charge in [-0.15, -0.1) is 0 Å². The molecule has 35 heavy (non-hydrogen) atoms. The van der Waals surface area contributed by atoms with Crippen molar-refractivity contribution in [2.45, 2.75) is 19.3 Å². The summed E-state index contributed by atoms with van der Waals surface area (Å²) in [6, 6.07) is 37.2. The van der Waals surface area contributed by atoms with Gasteiger partial charge in [0.15, 0.2) is 0 Å². The highest BCUT2D eigenvalue weighted by Crippen LogP contribution is 2.52. The smallest absolute Gasteiger partial charge is 0.137 e. The lowest BCUT2D eigenvalue weighted by atomic mass is 9.82. The fourth-order valence-corrected chi connectivity index (χ4v) is 6.36. The molecule has 8 rings (SSSR count). The standard InChI is InChI=1S/C33H23NO/c1-33(2)26-12-6-3-11-25(26)31-27(33)18-17-24-21-9-4-7-13-28(21)34(32(24)31)20-15-16-23-22-10-5-8-14-29(22)35-30(23)19-20/h3-19H,1-2H3. The Morgan fingerprint density at radius 1 is 0.600 bits per heavy atom. The second-order valence-corrected chi connectivity index (χ2v) is 10.2. The SMILES string of the molecule is CC1(C)c2ccccc2-c2c1ccc1c3ccccc3n(-c3ccc4c(c3)oc3ccccc34)c21. The van der Waals surface area contributed by atoms with E-state index < -0.39 is 0 Å². The Balaban J connectivity index is 1.54. The van der Waals surface area contributed by atoms with E-state index in [1.54, 1.807) is 0 Å². The van der Waals surface area contributed by atoms with Crippen LogP contribution in [0, 0.1) is 0 Å². The van der Waals surface area contributed by atoms with E-state index in [-0.39, 0.29) is 5.41 Å². The Hall–Kier alpha value is -4.30. The first-order valence-electron chi connectivity index (χ1n) is 12.2. The average Bonchev–Trinajstić information content (AvgIpc) is 3.50. The first kappa shape index (κ1) is 19.1. The second kappa shape index (κ2) is 6.43. The molecule has 166 valence electrons. The van der Waals surface area contributed by atoms with Gasteiger partial charge in [-0.05, 0) is 41.0 Å². The normalized spacial score (nSPS) is 14.2. The third kappa shape index (κ3) is 2.34. The van der Waals surface area contributed by atoms with Gasteiger partial charge in [0, 0.05) is 44.3 Å². The highest BCUT2D eigenvalue weighted by molar-refractivity contribution is 6.16.